The van der Waals surface area contributed by atoms with Crippen molar-refractivity contribution in [2.75, 3.05) is 6.61 Å². The van der Waals surface area contributed by atoms with Crippen LogP contribution in [0.2, 0.25) is 0 Å². The number of benzene rings is 1. The summed E-state index contributed by atoms with van der Waals surface area (Å²) in [6.45, 7) is 5.64. The molecule has 28 heavy (non-hydrogen) atoms. The van der Waals surface area contributed by atoms with Crippen molar-refractivity contribution in [3.05, 3.63) is 56.8 Å². The molecule has 2 aromatic rings. The van der Waals surface area contributed by atoms with Crippen LogP contribution in [0, 0.1) is 5.41 Å². The van der Waals surface area contributed by atoms with Gasteiger partial charge < -0.3 is 10.1 Å². The number of hydrogen-bond acceptors (Lipinski definition) is 5. The summed E-state index contributed by atoms with van der Waals surface area (Å²) in [7, 11) is 0. The van der Waals surface area contributed by atoms with Crippen LogP contribution in [0.25, 0.3) is 0 Å². The third kappa shape index (κ3) is 4.87. The van der Waals surface area contributed by atoms with E-state index < -0.39 is 11.4 Å². The van der Waals surface area contributed by atoms with E-state index >= 15 is 0 Å². The smallest absolute Gasteiger partial charge is 0.338 e. The number of thiophene rings is 1. The van der Waals surface area contributed by atoms with Crippen LogP contribution in [0.4, 0.5) is 0 Å². The van der Waals surface area contributed by atoms with Gasteiger partial charge in [-0.25, -0.2) is 4.79 Å². The highest BCUT2D eigenvalue weighted by atomic mass is 32.1. The maximum absolute atomic E-state index is 12.3. The van der Waals surface area contributed by atoms with Gasteiger partial charge in [0.1, 0.15) is 0 Å². The van der Waals surface area contributed by atoms with Gasteiger partial charge in [0.15, 0.2) is 6.61 Å². The number of Topliss-reactive ketones (excluding diaryl/α,β-unsaturated/α-hetero) is 1. The van der Waals surface area contributed by atoms with E-state index in [0.29, 0.717) is 17.0 Å². The van der Waals surface area contributed by atoms with Gasteiger partial charge in [0, 0.05) is 10.3 Å². The highest BCUT2D eigenvalue weighted by molar-refractivity contribution is 7.14. The minimum atomic E-state index is -0.475. The van der Waals surface area contributed by atoms with Crippen LogP contribution in [0.5, 0.6) is 0 Å². The molecular weight excluding hydrogens is 374 g/mol. The fourth-order valence-corrected chi connectivity index (χ4v) is 3.91. The molecule has 6 heteroatoms. The van der Waals surface area contributed by atoms with Crippen molar-refractivity contribution in [1.82, 2.24) is 5.32 Å². The standard InChI is InChI=1S/C22H25NO4S/c1-22(2,3)21(26)23-12-17-9-10-19(28-17)18(24)13-27-20(25)16-8-7-14-5-4-6-15(14)11-16/h7-11H,4-6,12-13H2,1-3H3,(H,23,26). The van der Waals surface area contributed by atoms with E-state index in [1.807, 2.05) is 39.0 Å². The topological polar surface area (TPSA) is 72.5 Å². The molecule has 0 saturated heterocycles. The molecule has 1 aromatic carbocycles. The Kier molecular flexibility index (Phi) is 5.98. The number of ketones is 1. The second kappa shape index (κ2) is 8.27. The molecule has 0 atom stereocenters. The first-order chi connectivity index (χ1) is 13.2. The van der Waals surface area contributed by atoms with Crippen LogP contribution < -0.4 is 5.32 Å². The molecular formula is C22H25NO4S. The molecule has 1 aromatic heterocycles. The summed E-state index contributed by atoms with van der Waals surface area (Å²) in [6, 6.07) is 9.12. The number of carbonyl (C=O) groups excluding carboxylic acids is 3. The zero-order valence-corrected chi connectivity index (χ0v) is 17.3. The van der Waals surface area contributed by atoms with Gasteiger partial charge >= 0.3 is 5.97 Å². The summed E-state index contributed by atoms with van der Waals surface area (Å²) in [5.74, 6) is -0.762. The van der Waals surface area contributed by atoms with Gasteiger partial charge in [-0.2, -0.15) is 0 Å². The molecule has 0 spiro atoms. The molecule has 0 unspecified atom stereocenters. The molecule has 0 saturated carbocycles. The molecule has 5 nitrogen and oxygen atoms in total. The number of aryl methyl sites for hydroxylation is 2. The zero-order chi connectivity index (χ0) is 20.3. The lowest BCUT2D eigenvalue weighted by Crippen LogP contribution is -2.34. The molecule has 1 amide bonds. The first kappa shape index (κ1) is 20.3. The van der Waals surface area contributed by atoms with Gasteiger partial charge in [-0.1, -0.05) is 26.8 Å². The van der Waals surface area contributed by atoms with Gasteiger partial charge in [0.2, 0.25) is 11.7 Å². The number of hydrogen-bond donors (Lipinski definition) is 1. The number of ether oxygens (including phenoxy) is 1. The van der Waals surface area contributed by atoms with Crippen LogP contribution in [-0.4, -0.2) is 24.3 Å². The Morgan fingerprint density at radius 1 is 1.07 bits per heavy atom. The average Bonchev–Trinajstić information content (AvgIpc) is 3.31. The van der Waals surface area contributed by atoms with Gasteiger partial charge in [0.25, 0.3) is 0 Å². The number of fused-ring (bicyclic) bond motifs is 1. The third-order valence-corrected chi connectivity index (χ3v) is 5.84. The van der Waals surface area contributed by atoms with Crippen LogP contribution in [0.15, 0.2) is 30.3 Å². The van der Waals surface area contributed by atoms with E-state index in [1.54, 1.807) is 12.1 Å². The van der Waals surface area contributed by atoms with Crippen LogP contribution in [0.1, 0.15) is 63.2 Å². The number of nitrogens with one attached hydrogen (secondary N) is 1. The second-order valence-corrected chi connectivity index (χ2v) is 9.20. The lowest BCUT2D eigenvalue weighted by atomic mass is 9.96. The summed E-state index contributed by atoms with van der Waals surface area (Å²) in [5, 5.41) is 2.86. The second-order valence-electron chi connectivity index (χ2n) is 8.03. The molecule has 0 bridgehead atoms. The predicted molar refractivity (Wildman–Crippen MR) is 109 cm³/mol. The van der Waals surface area contributed by atoms with Gasteiger partial charge in [-0.3, -0.25) is 9.59 Å². The molecule has 1 N–H and O–H groups in total. The summed E-state index contributed by atoms with van der Waals surface area (Å²) >= 11 is 1.30. The van der Waals surface area contributed by atoms with Gasteiger partial charge in [0.05, 0.1) is 17.0 Å². The lowest BCUT2D eigenvalue weighted by Gasteiger charge is -2.17. The Bertz CT molecular complexity index is 908. The minimum Gasteiger partial charge on any atom is -0.454 e. The molecule has 1 aliphatic rings. The fourth-order valence-electron chi connectivity index (χ4n) is 3.04. The Labute approximate surface area is 169 Å². The van der Waals surface area contributed by atoms with Crippen LogP contribution in [-0.2, 0) is 28.9 Å². The maximum atomic E-state index is 12.3. The summed E-state index contributed by atoms with van der Waals surface area (Å²) in [4.78, 5) is 37.9. The molecule has 148 valence electrons. The molecule has 0 aliphatic heterocycles. The summed E-state index contributed by atoms with van der Waals surface area (Å²) in [6.07, 6.45) is 3.16. The highest BCUT2D eigenvalue weighted by Gasteiger charge is 2.21. The normalized spacial score (nSPS) is 13.1. The largest absolute Gasteiger partial charge is 0.454 e. The van der Waals surface area contributed by atoms with Crippen LogP contribution >= 0.6 is 11.3 Å². The van der Waals surface area contributed by atoms with Crippen molar-refractivity contribution in [1.29, 1.82) is 0 Å². The lowest BCUT2D eigenvalue weighted by molar-refractivity contribution is -0.128. The third-order valence-electron chi connectivity index (χ3n) is 4.71. The van der Waals surface area contributed by atoms with E-state index in [0.717, 1.165) is 24.1 Å². The molecule has 0 radical (unpaired) electrons. The van der Waals surface area contributed by atoms with Crippen molar-refractivity contribution in [2.24, 2.45) is 5.41 Å². The van der Waals surface area contributed by atoms with Gasteiger partial charge in [-0.05, 0) is 54.7 Å². The van der Waals surface area contributed by atoms with Gasteiger partial charge in [-0.15, -0.1) is 11.3 Å². The summed E-state index contributed by atoms with van der Waals surface area (Å²) in [5.41, 5.74) is 2.52. The number of amides is 1. The molecule has 1 aliphatic carbocycles. The first-order valence-corrected chi connectivity index (χ1v) is 10.2. The highest BCUT2D eigenvalue weighted by Crippen LogP contribution is 2.23. The van der Waals surface area contributed by atoms with Crippen molar-refractivity contribution in [3.63, 3.8) is 0 Å². The Morgan fingerprint density at radius 2 is 1.82 bits per heavy atom. The maximum Gasteiger partial charge on any atom is 0.338 e. The Hall–Kier alpha value is -2.47. The van der Waals surface area contributed by atoms with Crippen LogP contribution in [0.3, 0.4) is 0 Å². The monoisotopic (exact) mass is 399 g/mol. The SMILES string of the molecule is CC(C)(C)C(=O)NCc1ccc(C(=O)COC(=O)c2ccc3c(c2)CCC3)s1. The minimum absolute atomic E-state index is 0.0444. The van der Waals surface area contributed by atoms with Crippen molar-refractivity contribution >= 4 is 29.0 Å². The van der Waals surface area contributed by atoms with E-state index in [1.165, 1.54) is 22.5 Å². The van der Waals surface area contributed by atoms with E-state index in [4.69, 9.17) is 4.74 Å². The Balaban J connectivity index is 1.52. The molecule has 0 fully saturated rings. The fraction of sp³-hybridized carbons (Fsp3) is 0.409. The summed E-state index contributed by atoms with van der Waals surface area (Å²) < 4.78 is 5.20. The van der Waals surface area contributed by atoms with E-state index in [9.17, 15) is 14.4 Å². The molecule has 3 rings (SSSR count). The average molecular weight is 400 g/mol. The molecule has 1 heterocycles. The number of carbonyl (C=O) groups is 3. The number of esters is 1. The van der Waals surface area contributed by atoms with E-state index in [2.05, 4.69) is 5.32 Å². The van der Waals surface area contributed by atoms with E-state index in [-0.39, 0.29) is 18.3 Å². The first-order valence-electron chi connectivity index (χ1n) is 9.43. The van der Waals surface area contributed by atoms with Crippen molar-refractivity contribution in [2.45, 2.75) is 46.6 Å². The quantitative estimate of drug-likeness (QED) is 0.590. The number of rotatable bonds is 6. The Morgan fingerprint density at radius 3 is 2.57 bits per heavy atom. The predicted octanol–water partition coefficient (Wildman–Crippen LogP) is 3.94. The van der Waals surface area contributed by atoms with Crippen molar-refractivity contribution in [3.8, 4) is 0 Å². The van der Waals surface area contributed by atoms with Crippen molar-refractivity contribution < 1.29 is 19.1 Å². The zero-order valence-electron chi connectivity index (χ0n) is 16.5.